The van der Waals surface area contributed by atoms with Gasteiger partial charge in [0.25, 0.3) is 0 Å². The quantitative estimate of drug-likeness (QED) is 0.671. The molecule has 2 aliphatic rings. The Hall–Kier alpha value is -1.10. The molecular weight excluding hydrogens is 206 g/mol. The van der Waals surface area contributed by atoms with Crippen LogP contribution in [-0.2, 0) is 9.59 Å². The maximum absolute atomic E-state index is 12.2. The van der Waals surface area contributed by atoms with Crippen molar-refractivity contribution >= 4 is 11.8 Å². The van der Waals surface area contributed by atoms with Crippen LogP contribution in [0.1, 0.15) is 32.1 Å². The molecule has 0 aromatic heterocycles. The number of rotatable bonds is 2. The zero-order chi connectivity index (χ0) is 11.5. The van der Waals surface area contributed by atoms with Crippen LogP contribution >= 0.6 is 0 Å². The summed E-state index contributed by atoms with van der Waals surface area (Å²) in [5.41, 5.74) is 5.30. The van der Waals surface area contributed by atoms with Gasteiger partial charge in [-0.25, -0.2) is 0 Å². The van der Waals surface area contributed by atoms with Crippen molar-refractivity contribution in [2.75, 3.05) is 13.1 Å². The van der Waals surface area contributed by atoms with E-state index in [0.717, 1.165) is 32.2 Å². The predicted molar refractivity (Wildman–Crippen MR) is 59.6 cm³/mol. The van der Waals surface area contributed by atoms with Gasteiger partial charge < -0.3 is 16.0 Å². The summed E-state index contributed by atoms with van der Waals surface area (Å²) in [4.78, 5) is 25.0. The summed E-state index contributed by atoms with van der Waals surface area (Å²) < 4.78 is 0. The third-order valence-electron chi connectivity index (χ3n) is 3.47. The van der Waals surface area contributed by atoms with E-state index in [0.29, 0.717) is 13.0 Å². The van der Waals surface area contributed by atoms with E-state index in [9.17, 15) is 9.59 Å². The number of primary amides is 1. The van der Waals surface area contributed by atoms with E-state index in [1.54, 1.807) is 4.90 Å². The van der Waals surface area contributed by atoms with E-state index in [1.807, 2.05) is 0 Å². The summed E-state index contributed by atoms with van der Waals surface area (Å²) >= 11 is 0. The summed E-state index contributed by atoms with van der Waals surface area (Å²) in [5.74, 6) is -0.317. The first-order chi connectivity index (χ1) is 7.70. The first-order valence-corrected chi connectivity index (χ1v) is 6.03. The van der Waals surface area contributed by atoms with Crippen LogP contribution in [0.3, 0.4) is 0 Å². The molecule has 2 amide bonds. The molecule has 2 saturated heterocycles. The van der Waals surface area contributed by atoms with Crippen LogP contribution in [0.5, 0.6) is 0 Å². The third kappa shape index (κ3) is 2.19. The first-order valence-electron chi connectivity index (χ1n) is 6.03. The van der Waals surface area contributed by atoms with Crippen molar-refractivity contribution in [1.29, 1.82) is 0 Å². The summed E-state index contributed by atoms with van der Waals surface area (Å²) in [5, 5.41) is 3.21. The molecule has 2 fully saturated rings. The maximum Gasteiger partial charge on any atom is 0.240 e. The number of hydrogen-bond donors (Lipinski definition) is 2. The Morgan fingerprint density at radius 1 is 1.19 bits per heavy atom. The van der Waals surface area contributed by atoms with Crippen LogP contribution in [0.15, 0.2) is 0 Å². The van der Waals surface area contributed by atoms with Crippen LogP contribution in [-0.4, -0.2) is 41.9 Å². The van der Waals surface area contributed by atoms with E-state index in [1.165, 1.54) is 0 Å². The highest BCUT2D eigenvalue weighted by Gasteiger charge is 2.36. The van der Waals surface area contributed by atoms with Gasteiger partial charge in [0.15, 0.2) is 0 Å². The Morgan fingerprint density at radius 2 is 2.00 bits per heavy atom. The van der Waals surface area contributed by atoms with Crippen molar-refractivity contribution in [2.45, 2.75) is 44.2 Å². The second-order valence-corrected chi connectivity index (χ2v) is 4.59. The molecule has 2 atom stereocenters. The smallest absolute Gasteiger partial charge is 0.240 e. The monoisotopic (exact) mass is 225 g/mol. The number of nitrogens with one attached hydrogen (secondary N) is 1. The molecule has 0 radical (unpaired) electrons. The molecule has 0 aromatic carbocycles. The minimum absolute atomic E-state index is 0.0565. The van der Waals surface area contributed by atoms with Crippen molar-refractivity contribution in [1.82, 2.24) is 10.2 Å². The molecule has 1 unspecified atom stereocenters. The maximum atomic E-state index is 12.2. The highest BCUT2D eigenvalue weighted by Crippen LogP contribution is 2.20. The molecule has 90 valence electrons. The van der Waals surface area contributed by atoms with Gasteiger partial charge in [-0.1, -0.05) is 6.42 Å². The van der Waals surface area contributed by atoms with Crippen LogP contribution in [0.2, 0.25) is 0 Å². The van der Waals surface area contributed by atoms with E-state index in [-0.39, 0.29) is 23.9 Å². The van der Waals surface area contributed by atoms with Crippen molar-refractivity contribution in [3.8, 4) is 0 Å². The van der Waals surface area contributed by atoms with Crippen LogP contribution in [0.25, 0.3) is 0 Å². The molecular formula is C11H19N3O2. The van der Waals surface area contributed by atoms with Crippen molar-refractivity contribution < 1.29 is 9.59 Å². The lowest BCUT2D eigenvalue weighted by Crippen LogP contribution is -2.52. The second kappa shape index (κ2) is 4.82. The van der Waals surface area contributed by atoms with E-state index in [2.05, 4.69) is 5.32 Å². The fourth-order valence-electron chi connectivity index (χ4n) is 2.59. The highest BCUT2D eigenvalue weighted by molar-refractivity contribution is 5.89. The number of nitrogens with two attached hydrogens (primary N) is 1. The van der Waals surface area contributed by atoms with Gasteiger partial charge in [-0.3, -0.25) is 9.59 Å². The van der Waals surface area contributed by atoms with Gasteiger partial charge in [-0.2, -0.15) is 0 Å². The highest BCUT2D eigenvalue weighted by atomic mass is 16.2. The summed E-state index contributed by atoms with van der Waals surface area (Å²) in [6, 6.07) is -0.482. The molecule has 0 aromatic rings. The predicted octanol–water partition coefficient (Wildman–Crippen LogP) is -0.395. The standard InChI is InChI=1S/C11H19N3O2/c12-10(15)9-5-3-7-14(9)11(16)8-4-1-2-6-13-8/h8-9,13H,1-7H2,(H2,12,15)/t8-,9?/m1/s1. The zero-order valence-electron chi connectivity index (χ0n) is 9.45. The van der Waals surface area contributed by atoms with Gasteiger partial charge in [0.1, 0.15) is 6.04 Å². The van der Waals surface area contributed by atoms with E-state index >= 15 is 0 Å². The molecule has 0 aliphatic carbocycles. The SMILES string of the molecule is NC(=O)C1CCCN1C(=O)[C@H]1CCCCN1. The molecule has 2 heterocycles. The number of carbonyl (C=O) groups is 2. The molecule has 3 N–H and O–H groups in total. The Labute approximate surface area is 95.3 Å². The number of likely N-dealkylation sites (tertiary alicyclic amines) is 1. The molecule has 2 aliphatic heterocycles. The first kappa shape index (κ1) is 11.4. The normalized spacial score (nSPS) is 30.4. The minimum Gasteiger partial charge on any atom is -0.368 e. The molecule has 0 saturated carbocycles. The number of carbonyl (C=O) groups excluding carboxylic acids is 2. The molecule has 16 heavy (non-hydrogen) atoms. The van der Waals surface area contributed by atoms with E-state index in [4.69, 9.17) is 5.73 Å². The van der Waals surface area contributed by atoms with Crippen LogP contribution in [0, 0.1) is 0 Å². The Kier molecular flexibility index (Phi) is 3.43. The average molecular weight is 225 g/mol. The minimum atomic E-state index is -0.378. The lowest BCUT2D eigenvalue weighted by molar-refractivity contribution is -0.139. The molecule has 0 spiro atoms. The zero-order valence-corrected chi connectivity index (χ0v) is 9.45. The molecule has 0 bridgehead atoms. The molecule has 5 heteroatoms. The Bertz CT molecular complexity index is 287. The fourth-order valence-corrected chi connectivity index (χ4v) is 2.59. The number of hydrogen-bond acceptors (Lipinski definition) is 3. The number of nitrogens with zero attached hydrogens (tertiary/aromatic N) is 1. The van der Waals surface area contributed by atoms with Crippen molar-refractivity contribution in [2.24, 2.45) is 5.73 Å². The van der Waals surface area contributed by atoms with Crippen molar-refractivity contribution in [3.05, 3.63) is 0 Å². The van der Waals surface area contributed by atoms with Gasteiger partial charge >= 0.3 is 0 Å². The van der Waals surface area contributed by atoms with Crippen molar-refractivity contribution in [3.63, 3.8) is 0 Å². The summed E-state index contributed by atoms with van der Waals surface area (Å²) in [7, 11) is 0. The number of amides is 2. The summed E-state index contributed by atoms with van der Waals surface area (Å²) in [6.07, 6.45) is 4.68. The Balaban J connectivity index is 1.99. The lowest BCUT2D eigenvalue weighted by atomic mass is 10.0. The topological polar surface area (TPSA) is 75.4 Å². The molecule has 5 nitrogen and oxygen atoms in total. The average Bonchev–Trinajstić information content (AvgIpc) is 2.78. The van der Waals surface area contributed by atoms with Crippen LogP contribution < -0.4 is 11.1 Å². The number of piperidine rings is 1. The lowest BCUT2D eigenvalue weighted by Gasteiger charge is -2.29. The van der Waals surface area contributed by atoms with E-state index < -0.39 is 0 Å². The molecule has 2 rings (SSSR count). The van der Waals surface area contributed by atoms with Gasteiger partial charge in [-0.05, 0) is 32.2 Å². The van der Waals surface area contributed by atoms with Gasteiger partial charge in [-0.15, -0.1) is 0 Å². The fraction of sp³-hybridized carbons (Fsp3) is 0.818. The van der Waals surface area contributed by atoms with Gasteiger partial charge in [0.05, 0.1) is 6.04 Å². The third-order valence-corrected chi connectivity index (χ3v) is 3.47. The van der Waals surface area contributed by atoms with Gasteiger partial charge in [0, 0.05) is 6.54 Å². The van der Waals surface area contributed by atoms with Crippen LogP contribution in [0.4, 0.5) is 0 Å². The summed E-state index contributed by atoms with van der Waals surface area (Å²) in [6.45, 7) is 1.57. The second-order valence-electron chi connectivity index (χ2n) is 4.59. The van der Waals surface area contributed by atoms with Gasteiger partial charge in [0.2, 0.25) is 11.8 Å². The Morgan fingerprint density at radius 3 is 2.62 bits per heavy atom. The largest absolute Gasteiger partial charge is 0.368 e.